The summed E-state index contributed by atoms with van der Waals surface area (Å²) in [6.45, 7) is 5.56. The lowest BCUT2D eigenvalue weighted by atomic mass is 10.0. The van der Waals surface area contributed by atoms with Crippen LogP contribution in [0, 0.1) is 5.92 Å². The molecule has 0 aromatic carbocycles. The van der Waals surface area contributed by atoms with Crippen LogP contribution < -0.4 is 38.9 Å². The van der Waals surface area contributed by atoms with Crippen molar-refractivity contribution in [2.45, 2.75) is 89.6 Å². The third kappa shape index (κ3) is 13.8. The predicted octanol–water partition coefficient (Wildman–Crippen LogP) is -2.54. The SMILES string of the molecule is CC(C)CC(NC(=O)C(CCCN=C(N)N)NC(=O)C(NC(=O)C(N)CCCCN)C(C)O)C(=O)O. The van der Waals surface area contributed by atoms with E-state index in [0.29, 0.717) is 25.8 Å². The molecule has 36 heavy (non-hydrogen) atoms. The minimum Gasteiger partial charge on any atom is -0.480 e. The Bertz CT molecular complexity index is 742. The number of aliphatic carboxylic acids is 1. The number of nitrogens with zero attached hydrogens (tertiary/aromatic N) is 1. The number of guanidine groups is 1. The molecule has 0 radical (unpaired) electrons. The van der Waals surface area contributed by atoms with Crippen LogP contribution in [0.2, 0.25) is 0 Å². The van der Waals surface area contributed by atoms with Crippen molar-refractivity contribution in [2.75, 3.05) is 13.1 Å². The van der Waals surface area contributed by atoms with Crippen LogP contribution in [-0.4, -0.2) is 83.2 Å². The largest absolute Gasteiger partial charge is 0.480 e. The average molecular weight is 517 g/mol. The molecule has 5 atom stereocenters. The molecule has 13 N–H and O–H groups in total. The number of hydrogen-bond donors (Lipinski definition) is 9. The van der Waals surface area contributed by atoms with Crippen molar-refractivity contribution in [1.29, 1.82) is 0 Å². The van der Waals surface area contributed by atoms with Crippen LogP contribution in [0.15, 0.2) is 4.99 Å². The fraction of sp³-hybridized carbons (Fsp3) is 0.773. The molecule has 208 valence electrons. The van der Waals surface area contributed by atoms with E-state index in [1.807, 2.05) is 13.8 Å². The summed E-state index contributed by atoms with van der Waals surface area (Å²) in [6.07, 6.45) is 0.895. The van der Waals surface area contributed by atoms with Crippen molar-refractivity contribution in [1.82, 2.24) is 16.0 Å². The Labute approximate surface area is 212 Å². The normalized spacial score (nSPS) is 15.2. The summed E-state index contributed by atoms with van der Waals surface area (Å²) in [5.41, 5.74) is 21.9. The van der Waals surface area contributed by atoms with Gasteiger partial charge in [0.15, 0.2) is 5.96 Å². The lowest BCUT2D eigenvalue weighted by Gasteiger charge is -2.26. The molecule has 0 rings (SSSR count). The van der Waals surface area contributed by atoms with E-state index in [-0.39, 0.29) is 37.7 Å². The van der Waals surface area contributed by atoms with Crippen LogP contribution in [0.4, 0.5) is 0 Å². The van der Waals surface area contributed by atoms with Crippen molar-refractivity contribution in [3.8, 4) is 0 Å². The smallest absolute Gasteiger partial charge is 0.326 e. The van der Waals surface area contributed by atoms with Gasteiger partial charge in [0.25, 0.3) is 0 Å². The molecule has 3 amide bonds. The van der Waals surface area contributed by atoms with E-state index in [1.165, 1.54) is 6.92 Å². The maximum Gasteiger partial charge on any atom is 0.326 e. The molecule has 5 unspecified atom stereocenters. The van der Waals surface area contributed by atoms with E-state index in [4.69, 9.17) is 22.9 Å². The molecule has 0 saturated heterocycles. The van der Waals surface area contributed by atoms with Crippen LogP contribution >= 0.6 is 0 Å². The molecule has 0 aliphatic carbocycles. The molecule has 0 aromatic heterocycles. The van der Waals surface area contributed by atoms with Gasteiger partial charge in [-0.1, -0.05) is 20.3 Å². The molecular weight excluding hydrogens is 472 g/mol. The Morgan fingerprint density at radius 1 is 0.861 bits per heavy atom. The van der Waals surface area contributed by atoms with Gasteiger partial charge in [0, 0.05) is 6.54 Å². The number of aliphatic imine (C=N–C) groups is 1. The summed E-state index contributed by atoms with van der Waals surface area (Å²) in [4.78, 5) is 53.7. The Morgan fingerprint density at radius 2 is 1.47 bits per heavy atom. The summed E-state index contributed by atoms with van der Waals surface area (Å²) in [5.74, 6) is -3.54. The van der Waals surface area contributed by atoms with Crippen LogP contribution in [0.1, 0.15) is 59.3 Å². The van der Waals surface area contributed by atoms with Gasteiger partial charge >= 0.3 is 5.97 Å². The van der Waals surface area contributed by atoms with E-state index in [9.17, 15) is 29.4 Å². The zero-order valence-electron chi connectivity index (χ0n) is 21.4. The molecule has 14 nitrogen and oxygen atoms in total. The topological polar surface area (TPSA) is 261 Å². The maximum absolute atomic E-state index is 12.9. The molecule has 0 heterocycles. The second kappa shape index (κ2) is 17.5. The lowest BCUT2D eigenvalue weighted by molar-refractivity contribution is -0.143. The van der Waals surface area contributed by atoms with Crippen LogP contribution in [0.5, 0.6) is 0 Å². The highest BCUT2D eigenvalue weighted by molar-refractivity contribution is 5.94. The molecule has 0 aromatic rings. The molecule has 0 bridgehead atoms. The quantitative estimate of drug-likeness (QED) is 0.0523. The number of carbonyl (C=O) groups excluding carboxylic acids is 3. The third-order valence-electron chi connectivity index (χ3n) is 5.27. The predicted molar refractivity (Wildman–Crippen MR) is 135 cm³/mol. The standard InChI is InChI=1S/C22H44N8O6/c1-12(2)11-16(21(35)36)29-19(33)15(8-6-10-27-22(25)26)28-20(34)17(13(3)31)30-18(32)14(24)7-4-5-9-23/h12-17,31H,4-11,23-24H2,1-3H3,(H,28,34)(H,29,33)(H,30,32)(H,35,36)(H4,25,26,27). The molecular formula is C22H44N8O6. The molecule has 0 aliphatic heterocycles. The first-order valence-corrected chi connectivity index (χ1v) is 12.1. The second-order valence-corrected chi connectivity index (χ2v) is 9.16. The fourth-order valence-corrected chi connectivity index (χ4v) is 3.30. The van der Waals surface area contributed by atoms with Gasteiger partial charge in [0.05, 0.1) is 12.1 Å². The maximum atomic E-state index is 12.9. The summed E-state index contributed by atoms with van der Waals surface area (Å²) >= 11 is 0. The lowest BCUT2D eigenvalue weighted by Crippen LogP contribution is -2.59. The van der Waals surface area contributed by atoms with E-state index in [1.54, 1.807) is 0 Å². The molecule has 0 aliphatic rings. The highest BCUT2D eigenvalue weighted by atomic mass is 16.4. The Morgan fingerprint density at radius 3 is 1.97 bits per heavy atom. The van der Waals surface area contributed by atoms with Gasteiger partial charge in [-0.3, -0.25) is 19.4 Å². The summed E-state index contributed by atoms with van der Waals surface area (Å²) in [5, 5.41) is 26.9. The van der Waals surface area contributed by atoms with Gasteiger partial charge in [0.2, 0.25) is 17.7 Å². The fourth-order valence-electron chi connectivity index (χ4n) is 3.30. The zero-order chi connectivity index (χ0) is 27.8. The number of aliphatic hydroxyl groups is 1. The van der Waals surface area contributed by atoms with Crippen LogP contribution in [0.3, 0.4) is 0 Å². The highest BCUT2D eigenvalue weighted by Crippen LogP contribution is 2.08. The summed E-state index contributed by atoms with van der Waals surface area (Å²) < 4.78 is 0. The van der Waals surface area contributed by atoms with Gasteiger partial charge < -0.3 is 49.1 Å². The molecule has 14 heteroatoms. The Balaban J connectivity index is 5.50. The number of nitrogens with one attached hydrogen (secondary N) is 3. The minimum atomic E-state index is -1.39. The van der Waals surface area contributed by atoms with Gasteiger partial charge in [-0.2, -0.15) is 0 Å². The number of rotatable bonds is 18. The van der Waals surface area contributed by atoms with E-state index >= 15 is 0 Å². The number of carboxylic acid groups (broad SMARTS) is 1. The van der Waals surface area contributed by atoms with Crippen molar-refractivity contribution in [3.05, 3.63) is 0 Å². The first-order valence-electron chi connectivity index (χ1n) is 12.1. The third-order valence-corrected chi connectivity index (χ3v) is 5.27. The number of unbranched alkanes of at least 4 members (excludes halogenated alkanes) is 1. The number of nitrogens with two attached hydrogens (primary N) is 4. The average Bonchev–Trinajstić information content (AvgIpc) is 2.77. The van der Waals surface area contributed by atoms with Crippen molar-refractivity contribution < 1.29 is 29.4 Å². The molecule has 0 fully saturated rings. The minimum absolute atomic E-state index is 0.00907. The zero-order valence-corrected chi connectivity index (χ0v) is 21.4. The van der Waals surface area contributed by atoms with Gasteiger partial charge in [-0.05, 0) is 51.5 Å². The summed E-state index contributed by atoms with van der Waals surface area (Å²) in [7, 11) is 0. The number of amides is 3. The van der Waals surface area contributed by atoms with Crippen molar-refractivity contribution >= 4 is 29.7 Å². The van der Waals surface area contributed by atoms with E-state index in [2.05, 4.69) is 20.9 Å². The molecule has 0 spiro atoms. The van der Waals surface area contributed by atoms with E-state index < -0.39 is 54.0 Å². The second-order valence-electron chi connectivity index (χ2n) is 9.16. The summed E-state index contributed by atoms with van der Waals surface area (Å²) in [6, 6.07) is -4.63. The van der Waals surface area contributed by atoms with Crippen molar-refractivity contribution in [3.63, 3.8) is 0 Å². The first-order chi connectivity index (χ1) is 16.8. The van der Waals surface area contributed by atoms with Crippen LogP contribution in [-0.2, 0) is 19.2 Å². The Hall–Kier alpha value is -2.97. The van der Waals surface area contributed by atoms with Gasteiger partial charge in [-0.15, -0.1) is 0 Å². The Kier molecular flexibility index (Phi) is 16.0. The van der Waals surface area contributed by atoms with Gasteiger partial charge in [-0.25, -0.2) is 4.79 Å². The van der Waals surface area contributed by atoms with Crippen LogP contribution in [0.25, 0.3) is 0 Å². The number of carboxylic acids is 1. The van der Waals surface area contributed by atoms with E-state index in [0.717, 1.165) is 0 Å². The van der Waals surface area contributed by atoms with Crippen molar-refractivity contribution in [2.24, 2.45) is 33.8 Å². The number of hydrogen-bond acceptors (Lipinski definition) is 8. The molecule has 0 saturated carbocycles. The van der Waals surface area contributed by atoms with Gasteiger partial charge in [0.1, 0.15) is 18.1 Å². The monoisotopic (exact) mass is 516 g/mol. The number of aliphatic hydroxyl groups excluding tert-OH is 1. The number of carbonyl (C=O) groups is 4. The first kappa shape index (κ1) is 33.0. The highest BCUT2D eigenvalue weighted by Gasteiger charge is 2.32.